The number of likely N-dealkylation sites (N-methyl/N-ethyl adjacent to an activating group) is 1. The maximum Gasteiger partial charge on any atom is 0.243 e. The molecule has 0 saturated heterocycles. The third-order valence-corrected chi connectivity index (χ3v) is 2.33. The van der Waals surface area contributed by atoms with Crippen LogP contribution in [0.5, 0.6) is 0 Å². The molecule has 2 heteroatoms. The zero-order valence-corrected chi connectivity index (χ0v) is 7.73. The molecular weight excluding hydrogens is 150 g/mol. The Morgan fingerprint density at radius 2 is 1.83 bits per heavy atom. The van der Waals surface area contributed by atoms with E-state index in [2.05, 4.69) is 5.32 Å². The molecule has 1 fully saturated rings. The lowest BCUT2D eigenvalue weighted by Gasteiger charge is -2.00. The molecular formula is C10H17NO. The van der Waals surface area contributed by atoms with E-state index in [9.17, 15) is 4.79 Å². The van der Waals surface area contributed by atoms with E-state index in [4.69, 9.17) is 0 Å². The first-order valence-electron chi connectivity index (χ1n) is 4.74. The Balaban J connectivity index is 2.47. The van der Waals surface area contributed by atoms with Crippen LogP contribution in [0.3, 0.4) is 0 Å². The van der Waals surface area contributed by atoms with Gasteiger partial charge in [0.1, 0.15) is 0 Å². The fraction of sp³-hybridized carbons (Fsp3) is 0.700. The summed E-state index contributed by atoms with van der Waals surface area (Å²) in [6.45, 7) is 0. The maximum atomic E-state index is 11.0. The van der Waals surface area contributed by atoms with Gasteiger partial charge in [0.05, 0.1) is 0 Å². The number of hydrogen-bond acceptors (Lipinski definition) is 1. The number of allylic oxidation sites excluding steroid dienone is 1. The molecule has 12 heavy (non-hydrogen) atoms. The highest BCUT2D eigenvalue weighted by atomic mass is 16.1. The summed E-state index contributed by atoms with van der Waals surface area (Å²) < 4.78 is 0. The van der Waals surface area contributed by atoms with Gasteiger partial charge in [-0.15, -0.1) is 0 Å². The van der Waals surface area contributed by atoms with Gasteiger partial charge in [-0.1, -0.05) is 18.4 Å². The van der Waals surface area contributed by atoms with E-state index in [-0.39, 0.29) is 5.91 Å². The average molecular weight is 167 g/mol. The Kier molecular flexibility index (Phi) is 3.85. The molecule has 1 aliphatic rings. The number of carbonyl (C=O) groups is 1. The van der Waals surface area contributed by atoms with Crippen molar-refractivity contribution < 1.29 is 4.79 Å². The van der Waals surface area contributed by atoms with Crippen LogP contribution in [-0.2, 0) is 4.79 Å². The van der Waals surface area contributed by atoms with Crippen molar-refractivity contribution >= 4 is 5.91 Å². The summed E-state index contributed by atoms with van der Waals surface area (Å²) in [6, 6.07) is 0. The second-order valence-electron chi connectivity index (χ2n) is 3.33. The van der Waals surface area contributed by atoms with Crippen LogP contribution in [-0.4, -0.2) is 13.0 Å². The molecule has 0 aromatic rings. The van der Waals surface area contributed by atoms with E-state index in [0.29, 0.717) is 0 Å². The van der Waals surface area contributed by atoms with Crippen molar-refractivity contribution in [3.63, 3.8) is 0 Å². The van der Waals surface area contributed by atoms with E-state index in [1.54, 1.807) is 13.1 Å². The van der Waals surface area contributed by atoms with Crippen LogP contribution in [0.25, 0.3) is 0 Å². The number of rotatable bonds is 1. The van der Waals surface area contributed by atoms with Gasteiger partial charge in [-0.25, -0.2) is 0 Å². The first kappa shape index (κ1) is 9.30. The zero-order chi connectivity index (χ0) is 8.81. The minimum atomic E-state index is 0.0481. The van der Waals surface area contributed by atoms with Crippen molar-refractivity contribution in [2.24, 2.45) is 0 Å². The molecule has 0 atom stereocenters. The quantitative estimate of drug-likeness (QED) is 0.470. The topological polar surface area (TPSA) is 29.1 Å². The maximum absolute atomic E-state index is 11.0. The molecule has 2 nitrogen and oxygen atoms in total. The zero-order valence-electron chi connectivity index (χ0n) is 7.73. The molecule has 1 rings (SSSR count). The van der Waals surface area contributed by atoms with Crippen LogP contribution in [0.15, 0.2) is 11.6 Å². The van der Waals surface area contributed by atoms with Crippen molar-refractivity contribution in [2.75, 3.05) is 7.05 Å². The summed E-state index contributed by atoms with van der Waals surface area (Å²) in [5.74, 6) is 0.0481. The Morgan fingerprint density at radius 3 is 2.33 bits per heavy atom. The lowest BCUT2D eigenvalue weighted by molar-refractivity contribution is -0.116. The van der Waals surface area contributed by atoms with E-state index in [1.165, 1.54) is 31.3 Å². The molecule has 0 spiro atoms. The molecule has 0 bridgehead atoms. The van der Waals surface area contributed by atoms with Crippen molar-refractivity contribution in [3.05, 3.63) is 11.6 Å². The Labute approximate surface area is 74.0 Å². The lowest BCUT2D eigenvalue weighted by atomic mass is 10.1. The highest BCUT2D eigenvalue weighted by molar-refractivity contribution is 5.87. The molecule has 1 aliphatic carbocycles. The summed E-state index contributed by atoms with van der Waals surface area (Å²) in [4.78, 5) is 11.0. The molecule has 1 N–H and O–H groups in total. The SMILES string of the molecule is CNC(=O)C=C1CCCCCC1. The number of carbonyl (C=O) groups excluding carboxylic acids is 1. The molecule has 0 heterocycles. The van der Waals surface area contributed by atoms with Crippen LogP contribution >= 0.6 is 0 Å². The second-order valence-corrected chi connectivity index (χ2v) is 3.33. The summed E-state index contributed by atoms with van der Waals surface area (Å²) in [7, 11) is 1.68. The van der Waals surface area contributed by atoms with Crippen LogP contribution in [0, 0.1) is 0 Å². The Bertz CT molecular complexity index is 174. The Morgan fingerprint density at radius 1 is 1.25 bits per heavy atom. The van der Waals surface area contributed by atoms with Gasteiger partial charge >= 0.3 is 0 Å². The largest absolute Gasteiger partial charge is 0.356 e. The predicted octanol–water partition coefficient (Wildman–Crippen LogP) is 2.01. The molecule has 0 radical (unpaired) electrons. The van der Waals surface area contributed by atoms with Crippen molar-refractivity contribution in [1.82, 2.24) is 5.32 Å². The summed E-state index contributed by atoms with van der Waals surface area (Å²) in [6.07, 6.45) is 9.16. The normalized spacial score (nSPS) is 18.2. The summed E-state index contributed by atoms with van der Waals surface area (Å²) in [5.41, 5.74) is 1.33. The van der Waals surface area contributed by atoms with Crippen LogP contribution in [0.1, 0.15) is 38.5 Å². The highest BCUT2D eigenvalue weighted by Gasteiger charge is 2.05. The van der Waals surface area contributed by atoms with Gasteiger partial charge in [-0.05, 0) is 25.7 Å². The van der Waals surface area contributed by atoms with Crippen LogP contribution in [0.4, 0.5) is 0 Å². The van der Waals surface area contributed by atoms with Gasteiger partial charge in [0.2, 0.25) is 5.91 Å². The predicted molar refractivity (Wildman–Crippen MR) is 49.9 cm³/mol. The summed E-state index contributed by atoms with van der Waals surface area (Å²) in [5, 5.41) is 2.62. The smallest absolute Gasteiger partial charge is 0.243 e. The fourth-order valence-corrected chi connectivity index (χ4v) is 1.58. The van der Waals surface area contributed by atoms with E-state index >= 15 is 0 Å². The lowest BCUT2D eigenvalue weighted by Crippen LogP contribution is -2.15. The molecule has 1 amide bonds. The van der Waals surface area contributed by atoms with E-state index in [1.807, 2.05) is 0 Å². The average Bonchev–Trinajstić information content (AvgIpc) is 2.33. The Hall–Kier alpha value is -0.790. The van der Waals surface area contributed by atoms with E-state index < -0.39 is 0 Å². The van der Waals surface area contributed by atoms with E-state index in [0.717, 1.165) is 12.8 Å². The summed E-state index contributed by atoms with van der Waals surface area (Å²) >= 11 is 0. The molecule has 0 aliphatic heterocycles. The minimum Gasteiger partial charge on any atom is -0.356 e. The van der Waals surface area contributed by atoms with Crippen LogP contribution < -0.4 is 5.32 Å². The number of nitrogens with one attached hydrogen (secondary N) is 1. The third-order valence-electron chi connectivity index (χ3n) is 2.33. The highest BCUT2D eigenvalue weighted by Crippen LogP contribution is 2.21. The van der Waals surface area contributed by atoms with Crippen molar-refractivity contribution in [1.29, 1.82) is 0 Å². The van der Waals surface area contributed by atoms with Gasteiger partial charge in [-0.3, -0.25) is 4.79 Å². The van der Waals surface area contributed by atoms with Gasteiger partial charge < -0.3 is 5.32 Å². The van der Waals surface area contributed by atoms with Crippen molar-refractivity contribution in [2.45, 2.75) is 38.5 Å². The van der Waals surface area contributed by atoms with Gasteiger partial charge in [0, 0.05) is 13.1 Å². The fourth-order valence-electron chi connectivity index (χ4n) is 1.58. The first-order valence-corrected chi connectivity index (χ1v) is 4.74. The van der Waals surface area contributed by atoms with Crippen molar-refractivity contribution in [3.8, 4) is 0 Å². The number of hydrogen-bond donors (Lipinski definition) is 1. The monoisotopic (exact) mass is 167 g/mol. The van der Waals surface area contributed by atoms with Gasteiger partial charge in [0.25, 0.3) is 0 Å². The molecule has 0 aromatic carbocycles. The second kappa shape index (κ2) is 4.96. The first-order chi connectivity index (χ1) is 5.83. The minimum absolute atomic E-state index is 0.0481. The van der Waals surface area contributed by atoms with Gasteiger partial charge in [0.15, 0.2) is 0 Å². The molecule has 1 saturated carbocycles. The third kappa shape index (κ3) is 3.07. The molecule has 0 aromatic heterocycles. The molecule has 0 unspecified atom stereocenters. The van der Waals surface area contributed by atoms with Gasteiger partial charge in [-0.2, -0.15) is 0 Å². The van der Waals surface area contributed by atoms with Crippen LogP contribution in [0.2, 0.25) is 0 Å². The standard InChI is InChI=1S/C10H17NO/c1-11-10(12)8-9-6-4-2-3-5-7-9/h8H,2-7H2,1H3,(H,11,12). The number of amides is 1. The molecule has 68 valence electrons.